The van der Waals surface area contributed by atoms with Gasteiger partial charge in [0.15, 0.2) is 16.6 Å². The van der Waals surface area contributed by atoms with Gasteiger partial charge in [-0.2, -0.15) is 0 Å². The molecular weight excluding hydrogens is 733 g/mol. The van der Waals surface area contributed by atoms with E-state index in [9.17, 15) is 4.79 Å². The highest BCUT2D eigenvalue weighted by Gasteiger charge is 2.40. The molecule has 0 saturated carbocycles. The Kier molecular flexibility index (Phi) is 11.1. The number of ether oxygens (including phenoxy) is 2. The lowest BCUT2D eigenvalue weighted by Crippen LogP contribution is -2.41. The topological polar surface area (TPSA) is 111 Å². The molecule has 296 valence electrons. The molecule has 0 spiro atoms. The fourth-order valence-corrected chi connectivity index (χ4v) is 9.53. The van der Waals surface area contributed by atoms with E-state index in [4.69, 9.17) is 18.3 Å². The summed E-state index contributed by atoms with van der Waals surface area (Å²) in [6.07, 6.45) is 2.85. The second-order valence-corrected chi connectivity index (χ2v) is 27.4. The number of rotatable bonds is 12. The van der Waals surface area contributed by atoms with Crippen molar-refractivity contribution in [2.75, 3.05) is 14.2 Å². The largest absolute Gasteiger partial charge is 0.496 e. The number of hydrogen-bond acceptors (Lipinski definition) is 7. The number of nitrogens with one attached hydrogen (secondary N) is 2. The van der Waals surface area contributed by atoms with Crippen LogP contribution in [0.1, 0.15) is 94.9 Å². The standard InChI is InChI=1S/C45H58N4O5Si2/c1-27(53-55(11,12)44(3,4)5)39-33-19-15-31(23-29(33)17-21-37(39)51-9)42-46-25-35(48-42)41(50)36-26-47-43(49-36)32-16-20-34-30(24-32)18-22-38(52-10)40(34)28(2)54-56(13,14)45(6,7)8/h15-28H,1-14H3,(H,46,48)(H,47,49). The SMILES string of the molecule is COc1ccc2cc(-c3ncc(C(=O)c4cnc(-c5ccc6c(C(C)O[Si](C)(C)C(C)(C)C)c(OC)ccc6c5)[nH]4)[nH]3)ccc2c1C(C)O[Si](C)(C)C(C)(C)C. The average Bonchev–Trinajstić information content (AvgIpc) is 3.83. The van der Waals surface area contributed by atoms with Crippen LogP contribution >= 0.6 is 0 Å². The molecule has 6 rings (SSSR count). The number of carbonyl (C=O) groups excluding carboxylic acids is 1. The maximum absolute atomic E-state index is 13.7. The number of fused-ring (bicyclic) bond motifs is 2. The van der Waals surface area contributed by atoms with Crippen LogP contribution in [-0.4, -0.2) is 56.6 Å². The molecule has 0 fully saturated rings. The van der Waals surface area contributed by atoms with Gasteiger partial charge in [0.1, 0.15) is 34.5 Å². The van der Waals surface area contributed by atoms with Gasteiger partial charge in [-0.1, -0.05) is 77.9 Å². The van der Waals surface area contributed by atoms with E-state index in [0.29, 0.717) is 23.0 Å². The Morgan fingerprint density at radius 2 is 0.982 bits per heavy atom. The molecule has 0 amide bonds. The lowest BCUT2D eigenvalue weighted by atomic mass is 9.98. The van der Waals surface area contributed by atoms with Crippen molar-refractivity contribution in [2.45, 2.75) is 104 Å². The zero-order valence-electron chi connectivity index (χ0n) is 35.5. The molecule has 0 radical (unpaired) electrons. The first-order valence-corrected chi connectivity index (χ1v) is 25.2. The number of methoxy groups -OCH3 is 2. The number of imidazole rings is 2. The highest BCUT2D eigenvalue weighted by Crippen LogP contribution is 2.45. The van der Waals surface area contributed by atoms with E-state index in [2.05, 4.69) is 138 Å². The molecule has 2 aromatic heterocycles. The third-order valence-corrected chi connectivity index (χ3v) is 21.1. The predicted octanol–water partition coefficient (Wildman–Crippen LogP) is 12.2. The number of hydrogen-bond donors (Lipinski definition) is 2. The predicted molar refractivity (Wildman–Crippen MR) is 233 cm³/mol. The normalized spacial score (nSPS) is 14.0. The number of carbonyl (C=O) groups is 1. The smallest absolute Gasteiger partial charge is 0.228 e. The minimum Gasteiger partial charge on any atom is -0.496 e. The Bertz CT molecular complexity index is 2230. The van der Waals surface area contributed by atoms with Crippen LogP contribution < -0.4 is 9.47 Å². The lowest BCUT2D eigenvalue weighted by Gasteiger charge is -2.39. The van der Waals surface area contributed by atoms with Crippen molar-refractivity contribution < 1.29 is 23.1 Å². The maximum atomic E-state index is 13.7. The Morgan fingerprint density at radius 3 is 1.32 bits per heavy atom. The van der Waals surface area contributed by atoms with Crippen LogP contribution in [-0.2, 0) is 8.85 Å². The molecule has 4 aromatic carbocycles. The number of benzene rings is 4. The molecule has 2 atom stereocenters. The molecule has 0 aliphatic carbocycles. The molecule has 9 nitrogen and oxygen atoms in total. The van der Waals surface area contributed by atoms with Crippen molar-refractivity contribution in [1.82, 2.24) is 19.9 Å². The first-order valence-electron chi connectivity index (χ1n) is 19.4. The van der Waals surface area contributed by atoms with Crippen LogP contribution in [0.4, 0.5) is 0 Å². The Balaban J connectivity index is 1.24. The third kappa shape index (κ3) is 7.87. The second kappa shape index (κ2) is 15.1. The van der Waals surface area contributed by atoms with E-state index in [0.717, 1.165) is 55.3 Å². The molecule has 0 aliphatic heterocycles. The fraction of sp³-hybridized carbons (Fsp3) is 0.400. The van der Waals surface area contributed by atoms with Crippen molar-refractivity contribution in [3.63, 3.8) is 0 Å². The summed E-state index contributed by atoms with van der Waals surface area (Å²) >= 11 is 0. The highest BCUT2D eigenvalue weighted by molar-refractivity contribution is 6.74. The van der Waals surface area contributed by atoms with Crippen molar-refractivity contribution in [3.05, 3.63) is 95.6 Å². The number of aromatic nitrogens is 4. The Labute approximate surface area is 333 Å². The van der Waals surface area contributed by atoms with Crippen molar-refractivity contribution in [3.8, 4) is 34.3 Å². The molecule has 0 saturated heterocycles. The molecule has 2 N–H and O–H groups in total. The van der Waals surface area contributed by atoms with E-state index in [1.807, 2.05) is 24.3 Å². The van der Waals surface area contributed by atoms with E-state index in [1.165, 1.54) is 0 Å². The van der Waals surface area contributed by atoms with Gasteiger partial charge in [-0.15, -0.1) is 0 Å². The van der Waals surface area contributed by atoms with Crippen molar-refractivity contribution in [1.29, 1.82) is 0 Å². The van der Waals surface area contributed by atoms with E-state index in [-0.39, 0.29) is 28.1 Å². The average molecular weight is 791 g/mol. The quantitative estimate of drug-likeness (QED) is 0.0937. The summed E-state index contributed by atoms with van der Waals surface area (Å²) in [4.78, 5) is 29.4. The molecule has 2 heterocycles. The van der Waals surface area contributed by atoms with Crippen LogP contribution in [0.5, 0.6) is 11.5 Å². The van der Waals surface area contributed by atoms with Crippen LogP contribution in [0, 0.1) is 0 Å². The third-order valence-electron chi connectivity index (χ3n) is 12.0. The van der Waals surface area contributed by atoms with Gasteiger partial charge >= 0.3 is 0 Å². The number of H-pyrrole nitrogens is 2. The number of nitrogens with zero attached hydrogens (tertiary/aromatic N) is 2. The van der Waals surface area contributed by atoms with Crippen LogP contribution in [0.15, 0.2) is 73.1 Å². The molecule has 2 unspecified atom stereocenters. The van der Waals surface area contributed by atoms with Gasteiger partial charge in [0.05, 0.1) is 38.8 Å². The lowest BCUT2D eigenvalue weighted by molar-refractivity contribution is 0.103. The summed E-state index contributed by atoms with van der Waals surface area (Å²) in [5.41, 5.74) is 4.53. The van der Waals surface area contributed by atoms with Crippen LogP contribution in [0.3, 0.4) is 0 Å². The summed E-state index contributed by atoms with van der Waals surface area (Å²) in [5, 5.41) is 4.34. The van der Waals surface area contributed by atoms with Gasteiger partial charge in [0.2, 0.25) is 5.78 Å². The van der Waals surface area contributed by atoms with Gasteiger partial charge in [0.25, 0.3) is 0 Å². The second-order valence-electron chi connectivity index (χ2n) is 17.9. The summed E-state index contributed by atoms with van der Waals surface area (Å²) in [6, 6.07) is 20.5. The van der Waals surface area contributed by atoms with E-state index in [1.54, 1.807) is 26.6 Å². The highest BCUT2D eigenvalue weighted by atomic mass is 28.4. The Morgan fingerprint density at radius 1 is 0.607 bits per heavy atom. The summed E-state index contributed by atoms with van der Waals surface area (Å²) in [7, 11) is -0.683. The molecule has 0 bridgehead atoms. The maximum Gasteiger partial charge on any atom is 0.228 e. The minimum atomic E-state index is -2.04. The zero-order valence-corrected chi connectivity index (χ0v) is 37.5. The Hall–Kier alpha value is -4.56. The fourth-order valence-electron chi connectivity index (χ4n) is 6.82. The summed E-state index contributed by atoms with van der Waals surface area (Å²) in [5.74, 6) is 2.58. The van der Waals surface area contributed by atoms with Crippen molar-refractivity contribution in [2.24, 2.45) is 0 Å². The number of aromatic amines is 2. The van der Waals surface area contributed by atoms with Crippen LogP contribution in [0.25, 0.3) is 44.3 Å². The van der Waals surface area contributed by atoms with Gasteiger partial charge in [0, 0.05) is 22.3 Å². The van der Waals surface area contributed by atoms with Gasteiger partial charge in [-0.05, 0) is 95.9 Å². The molecule has 11 heteroatoms. The van der Waals surface area contributed by atoms with E-state index < -0.39 is 16.6 Å². The molecular formula is C45H58N4O5Si2. The first-order chi connectivity index (χ1) is 26.2. The zero-order chi connectivity index (χ0) is 41.0. The van der Waals surface area contributed by atoms with Crippen LogP contribution in [0.2, 0.25) is 36.3 Å². The molecule has 0 aliphatic rings. The van der Waals surface area contributed by atoms with Gasteiger partial charge in [-0.3, -0.25) is 4.79 Å². The summed E-state index contributed by atoms with van der Waals surface area (Å²) in [6.45, 7) is 26.8. The van der Waals surface area contributed by atoms with Crippen molar-refractivity contribution >= 4 is 44.0 Å². The summed E-state index contributed by atoms with van der Waals surface area (Å²) < 4.78 is 25.2. The monoisotopic (exact) mass is 790 g/mol. The minimum absolute atomic E-state index is 0.0774. The number of ketones is 1. The molecule has 6 aromatic rings. The van der Waals surface area contributed by atoms with E-state index >= 15 is 0 Å². The van der Waals surface area contributed by atoms with Gasteiger partial charge < -0.3 is 28.3 Å². The van der Waals surface area contributed by atoms with Gasteiger partial charge in [-0.25, -0.2) is 9.97 Å². The molecule has 56 heavy (non-hydrogen) atoms. The first kappa shape index (κ1) is 41.1.